The van der Waals surface area contributed by atoms with Crippen LogP contribution in [-0.4, -0.2) is 31.2 Å². The molecule has 1 heterocycles. The second kappa shape index (κ2) is 8.37. The monoisotopic (exact) mass is 410 g/mol. The van der Waals surface area contributed by atoms with Gasteiger partial charge in [0.25, 0.3) is 0 Å². The fourth-order valence-corrected chi connectivity index (χ4v) is 5.05. The molecule has 144 valence electrons. The number of benzene rings is 2. The van der Waals surface area contributed by atoms with E-state index < -0.39 is 21.9 Å². The van der Waals surface area contributed by atoms with E-state index in [0.29, 0.717) is 23.7 Å². The number of hydrogen-bond donors (Lipinski definition) is 1. The summed E-state index contributed by atoms with van der Waals surface area (Å²) in [5.74, 6) is -0.791. The topological polar surface area (TPSA) is 66.5 Å². The van der Waals surface area contributed by atoms with Gasteiger partial charge in [-0.15, -0.1) is 0 Å². The number of hydrogen-bond acceptors (Lipinski definition) is 3. The van der Waals surface area contributed by atoms with Gasteiger partial charge in [-0.3, -0.25) is 4.79 Å². The first-order valence-electron chi connectivity index (χ1n) is 8.69. The van der Waals surface area contributed by atoms with E-state index in [1.165, 1.54) is 46.8 Å². The van der Waals surface area contributed by atoms with Crippen molar-refractivity contribution in [3.05, 3.63) is 59.4 Å². The van der Waals surface area contributed by atoms with Crippen LogP contribution in [-0.2, 0) is 14.8 Å². The van der Waals surface area contributed by atoms with Gasteiger partial charge in [-0.25, -0.2) is 12.8 Å². The van der Waals surface area contributed by atoms with Crippen LogP contribution in [0.1, 0.15) is 25.7 Å². The van der Waals surface area contributed by atoms with Gasteiger partial charge < -0.3 is 5.32 Å². The molecule has 1 fully saturated rings. The second-order valence-electron chi connectivity index (χ2n) is 6.48. The Labute approximate surface area is 163 Å². The third kappa shape index (κ3) is 4.86. The molecule has 2 aromatic rings. The Bertz CT molecular complexity index is 919. The molecule has 1 saturated heterocycles. The van der Waals surface area contributed by atoms with Crippen LogP contribution < -0.4 is 5.32 Å². The Morgan fingerprint density at radius 3 is 2.63 bits per heavy atom. The number of nitrogens with zero attached hydrogens (tertiary/aromatic N) is 1. The van der Waals surface area contributed by atoms with E-state index in [-0.39, 0.29) is 17.2 Å². The highest BCUT2D eigenvalue weighted by Gasteiger charge is 2.34. The lowest BCUT2D eigenvalue weighted by Crippen LogP contribution is -2.45. The molecule has 8 heteroatoms. The standard InChI is InChI=1S/C19H20ClFN2O3S/c20-14-7-9-18(10-8-14)27(25,26)23-11-2-1-6-17(23)13-19(24)22-16-5-3-4-15(21)12-16/h3-5,7-10,12,17H,1-2,6,11,13H2,(H,22,24). The predicted molar refractivity (Wildman–Crippen MR) is 103 cm³/mol. The Balaban J connectivity index is 1.75. The summed E-state index contributed by atoms with van der Waals surface area (Å²) in [4.78, 5) is 12.5. The summed E-state index contributed by atoms with van der Waals surface area (Å²) >= 11 is 5.85. The molecular formula is C19H20ClFN2O3S. The van der Waals surface area contributed by atoms with Gasteiger partial charge in [0.1, 0.15) is 5.82 Å². The van der Waals surface area contributed by atoms with Crippen molar-refractivity contribution in [3.63, 3.8) is 0 Å². The van der Waals surface area contributed by atoms with Crippen molar-refractivity contribution >= 4 is 33.2 Å². The molecule has 1 N–H and O–H groups in total. The first-order valence-corrected chi connectivity index (χ1v) is 10.5. The molecule has 0 radical (unpaired) electrons. The SMILES string of the molecule is O=C(CC1CCCCN1S(=O)(=O)c1ccc(Cl)cc1)Nc1cccc(F)c1. The first kappa shape index (κ1) is 19.8. The van der Waals surface area contributed by atoms with Gasteiger partial charge in [-0.1, -0.05) is 24.1 Å². The Hall–Kier alpha value is -1.96. The quantitative estimate of drug-likeness (QED) is 0.808. The number of amides is 1. The van der Waals surface area contributed by atoms with Gasteiger partial charge in [0, 0.05) is 29.7 Å². The molecule has 1 atom stereocenters. The fourth-order valence-electron chi connectivity index (χ4n) is 3.23. The third-order valence-electron chi connectivity index (χ3n) is 4.52. The van der Waals surface area contributed by atoms with E-state index >= 15 is 0 Å². The summed E-state index contributed by atoms with van der Waals surface area (Å²) in [6.45, 7) is 0.364. The highest BCUT2D eigenvalue weighted by Crippen LogP contribution is 2.28. The van der Waals surface area contributed by atoms with Crippen molar-refractivity contribution in [3.8, 4) is 0 Å². The lowest BCUT2D eigenvalue weighted by molar-refractivity contribution is -0.117. The summed E-state index contributed by atoms with van der Waals surface area (Å²) in [5, 5.41) is 3.09. The van der Waals surface area contributed by atoms with E-state index in [2.05, 4.69) is 5.32 Å². The maximum absolute atomic E-state index is 13.3. The molecule has 0 saturated carbocycles. The van der Waals surface area contributed by atoms with Gasteiger partial charge in [-0.2, -0.15) is 4.31 Å². The molecule has 1 aliphatic heterocycles. The summed E-state index contributed by atoms with van der Waals surface area (Å²) < 4.78 is 40.6. The minimum Gasteiger partial charge on any atom is -0.326 e. The van der Waals surface area contributed by atoms with Gasteiger partial charge in [-0.05, 0) is 55.3 Å². The molecule has 0 aliphatic carbocycles. The highest BCUT2D eigenvalue weighted by molar-refractivity contribution is 7.89. The number of nitrogens with one attached hydrogen (secondary N) is 1. The van der Waals surface area contributed by atoms with Crippen molar-refractivity contribution in [2.24, 2.45) is 0 Å². The maximum atomic E-state index is 13.3. The fraction of sp³-hybridized carbons (Fsp3) is 0.316. The first-order chi connectivity index (χ1) is 12.9. The molecule has 0 spiro atoms. The van der Waals surface area contributed by atoms with Crippen LogP contribution in [0.3, 0.4) is 0 Å². The number of sulfonamides is 1. The summed E-state index contributed by atoms with van der Waals surface area (Å²) in [7, 11) is -3.72. The average Bonchev–Trinajstić information content (AvgIpc) is 2.62. The number of piperidine rings is 1. The Morgan fingerprint density at radius 1 is 1.19 bits per heavy atom. The van der Waals surface area contributed by atoms with Crippen LogP contribution in [0, 0.1) is 5.82 Å². The zero-order valence-corrected chi connectivity index (χ0v) is 16.1. The van der Waals surface area contributed by atoms with Crippen molar-refractivity contribution in [1.29, 1.82) is 0 Å². The van der Waals surface area contributed by atoms with Gasteiger partial charge in [0.2, 0.25) is 15.9 Å². The average molecular weight is 411 g/mol. The van der Waals surface area contributed by atoms with Gasteiger partial charge in [0.05, 0.1) is 4.90 Å². The molecule has 1 aliphatic rings. The minimum absolute atomic E-state index is 0.0172. The van der Waals surface area contributed by atoms with Crippen LogP contribution in [0.25, 0.3) is 0 Å². The van der Waals surface area contributed by atoms with E-state index in [9.17, 15) is 17.6 Å². The summed E-state index contributed by atoms with van der Waals surface area (Å²) in [6.07, 6.45) is 2.21. The number of anilines is 1. The van der Waals surface area contributed by atoms with Crippen LogP contribution in [0.2, 0.25) is 5.02 Å². The highest BCUT2D eigenvalue weighted by atomic mass is 35.5. The van der Waals surface area contributed by atoms with Crippen molar-refractivity contribution in [2.75, 3.05) is 11.9 Å². The maximum Gasteiger partial charge on any atom is 0.243 e. The summed E-state index contributed by atoms with van der Waals surface area (Å²) in [5.41, 5.74) is 0.350. The van der Waals surface area contributed by atoms with Crippen molar-refractivity contribution in [2.45, 2.75) is 36.6 Å². The van der Waals surface area contributed by atoms with E-state index in [1.807, 2.05) is 0 Å². The van der Waals surface area contributed by atoms with Crippen LogP contribution in [0.5, 0.6) is 0 Å². The number of carbonyl (C=O) groups excluding carboxylic acids is 1. The van der Waals surface area contributed by atoms with E-state index in [1.54, 1.807) is 6.07 Å². The lowest BCUT2D eigenvalue weighted by atomic mass is 10.0. The van der Waals surface area contributed by atoms with Crippen LogP contribution in [0.4, 0.5) is 10.1 Å². The number of halogens is 2. The molecule has 2 aromatic carbocycles. The van der Waals surface area contributed by atoms with Gasteiger partial charge in [0.15, 0.2) is 0 Å². The number of carbonyl (C=O) groups is 1. The van der Waals surface area contributed by atoms with Crippen LogP contribution in [0.15, 0.2) is 53.4 Å². The zero-order chi connectivity index (χ0) is 19.4. The normalized spacial score (nSPS) is 18.2. The van der Waals surface area contributed by atoms with Crippen LogP contribution >= 0.6 is 11.6 Å². The molecule has 3 rings (SSSR count). The lowest BCUT2D eigenvalue weighted by Gasteiger charge is -2.34. The molecule has 5 nitrogen and oxygen atoms in total. The van der Waals surface area contributed by atoms with E-state index in [4.69, 9.17) is 11.6 Å². The second-order valence-corrected chi connectivity index (χ2v) is 8.81. The Morgan fingerprint density at radius 2 is 1.93 bits per heavy atom. The smallest absolute Gasteiger partial charge is 0.243 e. The van der Waals surface area contributed by atoms with Crippen molar-refractivity contribution in [1.82, 2.24) is 4.31 Å². The largest absolute Gasteiger partial charge is 0.326 e. The molecule has 1 unspecified atom stereocenters. The molecule has 1 amide bonds. The summed E-state index contributed by atoms with van der Waals surface area (Å²) in [6, 6.07) is 11.2. The minimum atomic E-state index is -3.72. The van der Waals surface area contributed by atoms with Crippen molar-refractivity contribution < 1.29 is 17.6 Å². The molecular weight excluding hydrogens is 391 g/mol. The molecule has 0 bridgehead atoms. The van der Waals surface area contributed by atoms with E-state index in [0.717, 1.165) is 12.8 Å². The third-order valence-corrected chi connectivity index (χ3v) is 6.74. The predicted octanol–water partition coefficient (Wildman–Crippen LogP) is 4.05. The Kier molecular flexibility index (Phi) is 6.14. The van der Waals surface area contributed by atoms with Gasteiger partial charge >= 0.3 is 0 Å². The molecule has 0 aromatic heterocycles. The number of rotatable bonds is 5. The zero-order valence-electron chi connectivity index (χ0n) is 14.6. The molecule has 27 heavy (non-hydrogen) atoms.